The van der Waals surface area contributed by atoms with Crippen LogP contribution in [0.2, 0.25) is 0 Å². The van der Waals surface area contributed by atoms with Gasteiger partial charge < -0.3 is 109 Å². The smallest absolute Gasteiger partial charge is 0.217 e. The maximum absolute atomic E-state index is 12.9. The highest BCUT2D eigenvalue weighted by molar-refractivity contribution is 5.74. The number of amides is 2. The molecule has 328 valence electrons. The van der Waals surface area contributed by atoms with Gasteiger partial charge in [0, 0.05) is 28.1 Å². The minimum Gasteiger partial charge on any atom is -0.544 e. The van der Waals surface area contributed by atoms with E-state index in [0.29, 0.717) is 0 Å². The minimum atomic E-state index is -2.32. The molecule has 0 aromatic carbocycles. The Labute approximate surface area is 326 Å². The summed E-state index contributed by atoms with van der Waals surface area (Å²) in [5.74, 6) is -5.27. The Bertz CT molecular complexity index is 1390. The van der Waals surface area contributed by atoms with Crippen molar-refractivity contribution < 1.29 is 108 Å². The van der Waals surface area contributed by atoms with Crippen LogP contribution in [-0.4, -0.2) is 211 Å². The second-order valence-corrected chi connectivity index (χ2v) is 14.7. The first-order valence-electron chi connectivity index (χ1n) is 18.4. The van der Waals surface area contributed by atoms with Crippen LogP contribution in [0.15, 0.2) is 0 Å². The predicted molar refractivity (Wildman–Crippen MR) is 177 cm³/mol. The Morgan fingerprint density at radius 3 is 1.98 bits per heavy atom. The number of aliphatic hydroxyl groups excluding tert-OH is 6. The van der Waals surface area contributed by atoms with E-state index in [2.05, 4.69) is 16.4 Å². The second kappa shape index (κ2) is 18.9. The number of methoxy groups -OCH3 is 2. The maximum atomic E-state index is 12.9. The third-order valence-corrected chi connectivity index (χ3v) is 10.7. The van der Waals surface area contributed by atoms with Crippen molar-refractivity contribution in [1.29, 1.82) is 0 Å². The first kappa shape index (κ1) is 45.8. The van der Waals surface area contributed by atoms with Crippen LogP contribution < -0.4 is 21.5 Å². The molecule has 24 heteroatoms. The number of quaternary nitrogens is 1. The van der Waals surface area contributed by atoms with Gasteiger partial charge in [0.1, 0.15) is 103 Å². The Kier molecular flexibility index (Phi) is 15.2. The zero-order chi connectivity index (χ0) is 42.1. The van der Waals surface area contributed by atoms with Crippen molar-refractivity contribution >= 4 is 17.8 Å². The molecule has 57 heavy (non-hydrogen) atoms. The molecule has 9 unspecified atom stereocenters. The lowest BCUT2D eigenvalue weighted by atomic mass is 9.93. The van der Waals surface area contributed by atoms with Crippen molar-refractivity contribution in [2.45, 2.75) is 156 Å². The second-order valence-electron chi connectivity index (χ2n) is 14.7. The first-order valence-corrected chi connectivity index (χ1v) is 18.4. The van der Waals surface area contributed by atoms with Gasteiger partial charge >= 0.3 is 0 Å². The van der Waals surface area contributed by atoms with Crippen LogP contribution in [0.4, 0.5) is 0 Å². The van der Waals surface area contributed by atoms with E-state index in [1.165, 1.54) is 21.1 Å². The summed E-state index contributed by atoms with van der Waals surface area (Å²) in [7, 11) is 2.62. The number of aliphatic hydroxyl groups is 6. The highest BCUT2D eigenvalue weighted by Gasteiger charge is 2.59. The standard InChI is InChI=1S/C33H55N3O21/c1-10-16(34)25(47-5)17(35-11(2)39)28(50-10)54-23-14(8-38)51-29(18(36-12(3)40)26(23)55-31-20(43)19(42)22(53-31)13(41)7-37)56-27-21(44)30(48-6)52-15-9-49-33(4,32(45)46)57-24(15)27/h10,13-31,37-38,41-44H,7-9,34H2,1-6H3,(H,35,39)(H,36,40)(H,45,46)/t10-,13+,14?,15-,16-,17?,18?,19+,20-,21?,22?,23-,24-,25?,26+,27?,28+,29+,30+,31?,33?/m0/s1. The Hall–Kier alpha value is -2.31. The fourth-order valence-corrected chi connectivity index (χ4v) is 7.62. The van der Waals surface area contributed by atoms with E-state index in [1.54, 1.807) is 6.92 Å². The number of rotatable bonds is 14. The van der Waals surface area contributed by atoms with Crippen LogP contribution in [0.5, 0.6) is 0 Å². The highest BCUT2D eigenvalue weighted by Crippen LogP contribution is 2.39. The number of carbonyl (C=O) groups excluding carboxylic acids is 3. The van der Waals surface area contributed by atoms with Gasteiger partial charge in [0.15, 0.2) is 25.2 Å². The SMILES string of the molecule is COC1C(NC(C)=O)[C@@H](O[C@H]2C(CO)O[C@H](OC3C(O)[C@H](OC)O[C@H]4COC(C)(C(=O)[O-])O[C@H]34)C(NC(C)=O)[C@H]2OC2OC([C@H](O)CO)[C@H](O)[C@@H]2O)O[C@@H](C)[C@@H]1[NH3+]. The number of hydrogen-bond acceptors (Lipinski definition) is 21. The molecule has 5 saturated heterocycles. The number of ether oxygens (including phenoxy) is 11. The normalized spacial score (nSPS) is 46.8. The number of carboxylic acid groups (broad SMARTS) is 1. The molecular formula is C33H55N3O21. The molecule has 5 rings (SSSR count). The molecule has 24 nitrogen and oxygen atoms in total. The first-order chi connectivity index (χ1) is 26.9. The lowest BCUT2D eigenvalue weighted by Crippen LogP contribution is -2.79. The molecule has 5 fully saturated rings. The zero-order valence-corrected chi connectivity index (χ0v) is 32.2. The molecule has 11 N–H and O–H groups in total. The van der Waals surface area contributed by atoms with Crippen molar-refractivity contribution in [3.63, 3.8) is 0 Å². The number of carboxylic acids is 1. The van der Waals surface area contributed by atoms with Gasteiger partial charge in [-0.2, -0.15) is 0 Å². The van der Waals surface area contributed by atoms with E-state index < -0.39 is 159 Å². The molecule has 5 aliphatic rings. The van der Waals surface area contributed by atoms with Gasteiger partial charge in [-0.25, -0.2) is 0 Å². The third kappa shape index (κ3) is 9.53. The van der Waals surface area contributed by atoms with Crippen LogP contribution in [0.3, 0.4) is 0 Å². The van der Waals surface area contributed by atoms with Gasteiger partial charge in [0.05, 0.1) is 19.8 Å². The van der Waals surface area contributed by atoms with E-state index in [9.17, 15) is 50.1 Å². The maximum Gasteiger partial charge on any atom is 0.217 e. The van der Waals surface area contributed by atoms with E-state index in [1.807, 2.05) is 0 Å². The van der Waals surface area contributed by atoms with Gasteiger partial charge in [-0.1, -0.05) is 0 Å². The Morgan fingerprint density at radius 1 is 0.825 bits per heavy atom. The number of hydrogen-bond donors (Lipinski definition) is 9. The van der Waals surface area contributed by atoms with Gasteiger partial charge in [0.25, 0.3) is 0 Å². The quantitative estimate of drug-likeness (QED) is 0.0785. The Balaban J connectivity index is 1.56. The molecular weight excluding hydrogens is 774 g/mol. The summed E-state index contributed by atoms with van der Waals surface area (Å²) >= 11 is 0. The third-order valence-electron chi connectivity index (χ3n) is 10.7. The molecule has 0 saturated carbocycles. The van der Waals surface area contributed by atoms with E-state index in [4.69, 9.17) is 52.1 Å². The molecule has 0 bridgehead atoms. The van der Waals surface area contributed by atoms with E-state index >= 15 is 0 Å². The highest BCUT2D eigenvalue weighted by atomic mass is 16.8. The van der Waals surface area contributed by atoms with Crippen LogP contribution in [0.25, 0.3) is 0 Å². The number of aliphatic carboxylic acids is 1. The number of carbonyl (C=O) groups is 3. The molecule has 2 amide bonds. The molecule has 0 aromatic rings. The summed E-state index contributed by atoms with van der Waals surface area (Å²) < 4.78 is 64.9. The molecule has 0 aliphatic carbocycles. The van der Waals surface area contributed by atoms with Crippen LogP contribution >= 0.6 is 0 Å². The summed E-state index contributed by atoms with van der Waals surface area (Å²) in [5.41, 5.74) is 4.09. The number of fused-ring (bicyclic) bond motifs is 1. The minimum absolute atomic E-state index is 0.380. The summed E-state index contributed by atoms with van der Waals surface area (Å²) in [6.45, 7) is 3.05. The summed E-state index contributed by atoms with van der Waals surface area (Å²) in [6.07, 6.45) is -25.0. The summed E-state index contributed by atoms with van der Waals surface area (Å²) in [6, 6.07) is -3.09. The lowest BCUT2D eigenvalue weighted by molar-refractivity contribution is -0.481. The van der Waals surface area contributed by atoms with Crippen molar-refractivity contribution in [2.75, 3.05) is 34.0 Å². The lowest BCUT2D eigenvalue weighted by Gasteiger charge is -2.53. The summed E-state index contributed by atoms with van der Waals surface area (Å²) in [4.78, 5) is 37.3. The summed E-state index contributed by atoms with van der Waals surface area (Å²) in [5, 5.41) is 81.3. The topological polar surface area (TPSA) is 349 Å². The van der Waals surface area contributed by atoms with Crippen LogP contribution in [-0.2, 0) is 66.5 Å². The van der Waals surface area contributed by atoms with Crippen molar-refractivity contribution in [3.05, 3.63) is 0 Å². The van der Waals surface area contributed by atoms with Crippen molar-refractivity contribution in [1.82, 2.24) is 10.6 Å². The van der Waals surface area contributed by atoms with Crippen LogP contribution in [0.1, 0.15) is 27.7 Å². The Morgan fingerprint density at radius 2 is 1.42 bits per heavy atom. The van der Waals surface area contributed by atoms with Crippen molar-refractivity contribution in [3.8, 4) is 0 Å². The number of nitrogens with one attached hydrogen (secondary N) is 2. The average molecular weight is 830 g/mol. The molecule has 0 aromatic heterocycles. The molecule has 5 aliphatic heterocycles. The average Bonchev–Trinajstić information content (AvgIpc) is 3.44. The monoisotopic (exact) mass is 829 g/mol. The van der Waals surface area contributed by atoms with Gasteiger partial charge in [-0.3, -0.25) is 9.59 Å². The molecule has 0 radical (unpaired) electrons. The van der Waals surface area contributed by atoms with Crippen LogP contribution in [0, 0.1) is 0 Å². The van der Waals surface area contributed by atoms with Gasteiger partial charge in [-0.15, -0.1) is 0 Å². The molecule has 0 spiro atoms. The fourth-order valence-electron chi connectivity index (χ4n) is 7.62. The molecule has 21 atom stereocenters. The largest absolute Gasteiger partial charge is 0.544 e. The van der Waals surface area contributed by atoms with E-state index in [0.717, 1.165) is 13.8 Å². The fraction of sp³-hybridized carbons (Fsp3) is 0.909. The molecule has 5 heterocycles. The zero-order valence-electron chi connectivity index (χ0n) is 32.2. The predicted octanol–water partition coefficient (Wildman–Crippen LogP) is -8.35. The van der Waals surface area contributed by atoms with Gasteiger partial charge in [-0.05, 0) is 13.8 Å². The van der Waals surface area contributed by atoms with Crippen molar-refractivity contribution in [2.24, 2.45) is 0 Å². The van der Waals surface area contributed by atoms with Gasteiger partial charge in [0.2, 0.25) is 17.6 Å². The van der Waals surface area contributed by atoms with E-state index in [-0.39, 0.29) is 6.61 Å².